The Hall–Kier alpha value is -1.35. The van der Waals surface area contributed by atoms with Crippen LogP contribution in [0.5, 0.6) is 0 Å². The van der Waals surface area contributed by atoms with Gasteiger partial charge in [0.15, 0.2) is 0 Å². The third kappa shape index (κ3) is 6.97. The molecule has 0 unspecified atom stereocenters. The normalized spacial score (nSPS) is 10.4. The van der Waals surface area contributed by atoms with Gasteiger partial charge in [-0.2, -0.15) is 0 Å². The molecule has 0 aromatic heterocycles. The van der Waals surface area contributed by atoms with Crippen molar-refractivity contribution in [3.8, 4) is 0 Å². The predicted octanol–water partition coefficient (Wildman–Crippen LogP) is 3.36. The Morgan fingerprint density at radius 1 is 1.11 bits per heavy atom. The Kier molecular flexibility index (Phi) is 7.91. The van der Waals surface area contributed by atoms with Crippen molar-refractivity contribution in [3.63, 3.8) is 0 Å². The lowest BCUT2D eigenvalue weighted by Gasteiger charge is -2.07. The van der Waals surface area contributed by atoms with E-state index in [1.54, 1.807) is 0 Å². The van der Waals surface area contributed by atoms with Gasteiger partial charge in [0.25, 0.3) is 0 Å². The largest absolute Gasteiger partial charge is 0.326 e. The first kappa shape index (κ1) is 15.7. The zero-order valence-corrected chi connectivity index (χ0v) is 12.2. The fourth-order valence-corrected chi connectivity index (χ4v) is 1.94. The summed E-state index contributed by atoms with van der Waals surface area (Å²) in [5.41, 5.74) is 2.24. The van der Waals surface area contributed by atoms with Crippen molar-refractivity contribution in [2.24, 2.45) is 0 Å². The van der Waals surface area contributed by atoms with Crippen LogP contribution in [0.15, 0.2) is 24.3 Å². The number of aryl methyl sites for hydroxylation is 1. The van der Waals surface area contributed by atoms with Crippen LogP contribution in [-0.4, -0.2) is 19.0 Å². The minimum Gasteiger partial charge on any atom is -0.326 e. The summed E-state index contributed by atoms with van der Waals surface area (Å²) in [5, 5.41) is 6.06. The molecule has 0 atom stereocenters. The second-order valence-corrected chi connectivity index (χ2v) is 4.81. The van der Waals surface area contributed by atoms with Crippen molar-refractivity contribution in [1.82, 2.24) is 5.32 Å². The van der Waals surface area contributed by atoms with Crippen LogP contribution in [0.3, 0.4) is 0 Å². The minimum atomic E-state index is 0.0692. The van der Waals surface area contributed by atoms with Crippen LogP contribution in [0.2, 0.25) is 0 Å². The fourth-order valence-electron chi connectivity index (χ4n) is 1.94. The maximum absolute atomic E-state index is 11.6. The summed E-state index contributed by atoms with van der Waals surface area (Å²) in [6.45, 7) is 5.89. The Bertz CT molecular complexity index is 360. The summed E-state index contributed by atoms with van der Waals surface area (Å²) in [6, 6.07) is 8.20. The van der Waals surface area contributed by atoms with Gasteiger partial charge in [-0.05, 0) is 37.1 Å². The SMILES string of the molecule is CCCCCc1ccc(NC(=O)CCNCC)cc1. The molecule has 0 saturated carbocycles. The third-order valence-electron chi connectivity index (χ3n) is 3.09. The van der Waals surface area contributed by atoms with Crippen molar-refractivity contribution in [3.05, 3.63) is 29.8 Å². The van der Waals surface area contributed by atoms with Crippen molar-refractivity contribution < 1.29 is 4.79 Å². The molecule has 1 aromatic rings. The van der Waals surface area contributed by atoms with Gasteiger partial charge in [0.05, 0.1) is 0 Å². The summed E-state index contributed by atoms with van der Waals surface area (Å²) in [6.07, 6.45) is 5.42. The summed E-state index contributed by atoms with van der Waals surface area (Å²) >= 11 is 0. The van der Waals surface area contributed by atoms with E-state index < -0.39 is 0 Å². The highest BCUT2D eigenvalue weighted by Gasteiger charge is 2.01. The highest BCUT2D eigenvalue weighted by atomic mass is 16.1. The Labute approximate surface area is 116 Å². The number of nitrogens with one attached hydrogen (secondary N) is 2. The molecule has 19 heavy (non-hydrogen) atoms. The average molecular weight is 262 g/mol. The lowest BCUT2D eigenvalue weighted by molar-refractivity contribution is -0.116. The number of carbonyl (C=O) groups is 1. The highest BCUT2D eigenvalue weighted by Crippen LogP contribution is 2.12. The van der Waals surface area contributed by atoms with Crippen LogP contribution in [0.25, 0.3) is 0 Å². The molecule has 0 aliphatic heterocycles. The molecule has 0 bridgehead atoms. The van der Waals surface area contributed by atoms with Crippen molar-refractivity contribution in [2.45, 2.75) is 46.0 Å². The molecule has 2 N–H and O–H groups in total. The molecule has 0 aliphatic carbocycles. The molecule has 0 heterocycles. The lowest BCUT2D eigenvalue weighted by Crippen LogP contribution is -2.21. The Morgan fingerprint density at radius 3 is 2.47 bits per heavy atom. The van der Waals surface area contributed by atoms with Gasteiger partial charge in [0.2, 0.25) is 5.91 Å². The van der Waals surface area contributed by atoms with E-state index in [0.717, 1.165) is 25.2 Å². The standard InChI is InChI=1S/C16H26N2O/c1-3-5-6-7-14-8-10-15(11-9-14)18-16(19)12-13-17-4-2/h8-11,17H,3-7,12-13H2,1-2H3,(H,18,19). The second-order valence-electron chi connectivity index (χ2n) is 4.81. The number of hydrogen-bond donors (Lipinski definition) is 2. The van der Waals surface area contributed by atoms with Gasteiger partial charge in [-0.3, -0.25) is 4.79 Å². The third-order valence-corrected chi connectivity index (χ3v) is 3.09. The number of amides is 1. The van der Waals surface area contributed by atoms with E-state index in [4.69, 9.17) is 0 Å². The molecular weight excluding hydrogens is 236 g/mol. The van der Waals surface area contributed by atoms with Gasteiger partial charge in [-0.25, -0.2) is 0 Å². The van der Waals surface area contributed by atoms with Crippen molar-refractivity contribution in [1.29, 1.82) is 0 Å². The van der Waals surface area contributed by atoms with Crippen LogP contribution >= 0.6 is 0 Å². The van der Waals surface area contributed by atoms with Crippen LogP contribution in [0, 0.1) is 0 Å². The van der Waals surface area contributed by atoms with E-state index in [0.29, 0.717) is 6.42 Å². The Balaban J connectivity index is 2.32. The zero-order chi connectivity index (χ0) is 13.9. The molecule has 0 saturated heterocycles. The molecule has 106 valence electrons. The van der Waals surface area contributed by atoms with Gasteiger partial charge in [0.1, 0.15) is 0 Å². The first-order valence-electron chi connectivity index (χ1n) is 7.35. The molecule has 3 heteroatoms. The zero-order valence-electron chi connectivity index (χ0n) is 12.2. The van der Waals surface area contributed by atoms with Gasteiger partial charge >= 0.3 is 0 Å². The van der Waals surface area contributed by atoms with Gasteiger partial charge in [-0.15, -0.1) is 0 Å². The van der Waals surface area contributed by atoms with Crippen LogP contribution in [-0.2, 0) is 11.2 Å². The molecule has 0 aliphatic rings. The molecular formula is C16H26N2O. The minimum absolute atomic E-state index is 0.0692. The number of anilines is 1. The number of hydrogen-bond acceptors (Lipinski definition) is 2. The highest BCUT2D eigenvalue weighted by molar-refractivity contribution is 5.90. The van der Waals surface area contributed by atoms with Crippen LogP contribution in [0.1, 0.15) is 45.1 Å². The summed E-state index contributed by atoms with van der Waals surface area (Å²) in [5.74, 6) is 0.0692. The summed E-state index contributed by atoms with van der Waals surface area (Å²) in [7, 11) is 0. The number of unbranched alkanes of at least 4 members (excludes halogenated alkanes) is 2. The number of benzene rings is 1. The smallest absolute Gasteiger partial charge is 0.225 e. The first-order valence-corrected chi connectivity index (χ1v) is 7.35. The molecule has 0 spiro atoms. The average Bonchev–Trinajstić information content (AvgIpc) is 2.41. The Morgan fingerprint density at radius 2 is 1.84 bits per heavy atom. The fraction of sp³-hybridized carbons (Fsp3) is 0.562. The van der Waals surface area contributed by atoms with Crippen LogP contribution < -0.4 is 10.6 Å². The monoisotopic (exact) mass is 262 g/mol. The van der Waals surface area contributed by atoms with Gasteiger partial charge < -0.3 is 10.6 Å². The predicted molar refractivity (Wildman–Crippen MR) is 81.5 cm³/mol. The summed E-state index contributed by atoms with van der Waals surface area (Å²) in [4.78, 5) is 11.6. The molecule has 0 fully saturated rings. The molecule has 1 amide bonds. The number of rotatable bonds is 9. The van der Waals surface area contributed by atoms with Gasteiger partial charge in [0, 0.05) is 18.7 Å². The molecule has 1 aromatic carbocycles. The van der Waals surface area contributed by atoms with Crippen molar-refractivity contribution >= 4 is 11.6 Å². The second kappa shape index (κ2) is 9.56. The molecule has 1 rings (SSSR count). The van der Waals surface area contributed by atoms with E-state index in [2.05, 4.69) is 29.7 Å². The van der Waals surface area contributed by atoms with Crippen LogP contribution in [0.4, 0.5) is 5.69 Å². The van der Waals surface area contributed by atoms with E-state index in [9.17, 15) is 4.79 Å². The quantitative estimate of drug-likeness (QED) is 0.670. The van der Waals surface area contributed by atoms with Crippen molar-refractivity contribution in [2.75, 3.05) is 18.4 Å². The van der Waals surface area contributed by atoms with Gasteiger partial charge in [-0.1, -0.05) is 38.8 Å². The number of carbonyl (C=O) groups excluding carboxylic acids is 1. The topological polar surface area (TPSA) is 41.1 Å². The summed E-state index contributed by atoms with van der Waals surface area (Å²) < 4.78 is 0. The maximum Gasteiger partial charge on any atom is 0.225 e. The maximum atomic E-state index is 11.6. The first-order chi connectivity index (χ1) is 9.26. The molecule has 3 nitrogen and oxygen atoms in total. The van der Waals surface area contributed by atoms with E-state index in [1.165, 1.54) is 24.8 Å². The van der Waals surface area contributed by atoms with E-state index in [-0.39, 0.29) is 5.91 Å². The molecule has 0 radical (unpaired) electrons. The van der Waals surface area contributed by atoms with E-state index >= 15 is 0 Å². The van der Waals surface area contributed by atoms with E-state index in [1.807, 2.05) is 19.1 Å². The lowest BCUT2D eigenvalue weighted by atomic mass is 10.1.